The van der Waals surface area contributed by atoms with Gasteiger partial charge in [-0.1, -0.05) is 17.7 Å². The minimum Gasteiger partial charge on any atom is -0.375 e. The molecular weight excluding hydrogens is 220 g/mol. The zero-order chi connectivity index (χ0) is 11.7. The molecule has 2 N–H and O–H groups in total. The van der Waals surface area contributed by atoms with Crippen LogP contribution >= 0.6 is 11.3 Å². The van der Waals surface area contributed by atoms with Crippen molar-refractivity contribution in [3.8, 4) is 0 Å². The van der Waals surface area contributed by atoms with E-state index in [0.717, 1.165) is 11.1 Å². The molecule has 2 aromatic rings. The van der Waals surface area contributed by atoms with E-state index < -0.39 is 0 Å². The molecule has 0 aliphatic carbocycles. The van der Waals surface area contributed by atoms with Gasteiger partial charge >= 0.3 is 0 Å². The van der Waals surface area contributed by atoms with Gasteiger partial charge in [-0.05, 0) is 25.5 Å². The van der Waals surface area contributed by atoms with Crippen molar-refractivity contribution < 1.29 is 4.79 Å². The second-order valence-electron chi connectivity index (χ2n) is 3.72. The lowest BCUT2D eigenvalue weighted by Gasteiger charge is -2.03. The number of thiazole rings is 1. The molecule has 0 fully saturated rings. The number of benzene rings is 1. The largest absolute Gasteiger partial charge is 0.375 e. The second kappa shape index (κ2) is 4.06. The van der Waals surface area contributed by atoms with Crippen LogP contribution in [0, 0.1) is 13.8 Å². The fourth-order valence-corrected chi connectivity index (χ4v) is 2.05. The summed E-state index contributed by atoms with van der Waals surface area (Å²) < 4.78 is 0. The first-order chi connectivity index (χ1) is 7.58. The van der Waals surface area contributed by atoms with Gasteiger partial charge in [-0.2, -0.15) is 0 Å². The van der Waals surface area contributed by atoms with Crippen LogP contribution in [0.3, 0.4) is 0 Å². The number of hydrogen-bond acceptors (Lipinski definition) is 4. The highest BCUT2D eigenvalue weighted by atomic mass is 32.1. The van der Waals surface area contributed by atoms with Crippen LogP contribution in [0.5, 0.6) is 0 Å². The molecule has 1 aromatic heterocycles. The van der Waals surface area contributed by atoms with Gasteiger partial charge in [0.25, 0.3) is 0 Å². The number of nitrogens with two attached hydrogens (primary N) is 1. The number of rotatable bonds is 2. The van der Waals surface area contributed by atoms with Gasteiger partial charge in [-0.3, -0.25) is 4.79 Å². The molecule has 4 heteroatoms. The monoisotopic (exact) mass is 232 g/mol. The van der Waals surface area contributed by atoms with Crippen molar-refractivity contribution in [1.29, 1.82) is 0 Å². The Bertz CT molecular complexity index is 546. The molecule has 1 aromatic carbocycles. The van der Waals surface area contributed by atoms with Gasteiger partial charge in [-0.25, -0.2) is 4.98 Å². The number of nitrogen functional groups attached to an aromatic ring is 1. The lowest BCUT2D eigenvalue weighted by Crippen LogP contribution is -2.04. The van der Waals surface area contributed by atoms with E-state index in [1.807, 2.05) is 32.0 Å². The van der Waals surface area contributed by atoms with Crippen LogP contribution in [0.25, 0.3) is 0 Å². The highest BCUT2D eigenvalue weighted by Crippen LogP contribution is 2.18. The first-order valence-electron chi connectivity index (χ1n) is 4.91. The third-order valence-electron chi connectivity index (χ3n) is 2.39. The molecule has 0 saturated heterocycles. The number of carbonyl (C=O) groups is 1. The highest BCUT2D eigenvalue weighted by Gasteiger charge is 2.14. The summed E-state index contributed by atoms with van der Waals surface area (Å²) in [6.07, 6.45) is 0. The Morgan fingerprint density at radius 3 is 2.75 bits per heavy atom. The molecule has 0 amide bonds. The number of aromatic nitrogens is 1. The zero-order valence-corrected chi connectivity index (χ0v) is 9.97. The third kappa shape index (κ3) is 1.97. The summed E-state index contributed by atoms with van der Waals surface area (Å²) in [6, 6.07) is 5.81. The van der Waals surface area contributed by atoms with Crippen LogP contribution in [0.1, 0.15) is 27.2 Å². The number of anilines is 1. The molecule has 16 heavy (non-hydrogen) atoms. The van der Waals surface area contributed by atoms with Crippen molar-refractivity contribution in [1.82, 2.24) is 4.98 Å². The van der Waals surface area contributed by atoms with Crippen LogP contribution in [0.15, 0.2) is 23.6 Å². The predicted molar refractivity (Wildman–Crippen MR) is 65.9 cm³/mol. The van der Waals surface area contributed by atoms with Gasteiger partial charge < -0.3 is 5.73 Å². The Kier molecular flexibility index (Phi) is 2.75. The topological polar surface area (TPSA) is 56.0 Å². The maximum Gasteiger partial charge on any atom is 0.212 e. The molecule has 0 spiro atoms. The Labute approximate surface area is 97.9 Å². The number of ketones is 1. The summed E-state index contributed by atoms with van der Waals surface area (Å²) in [4.78, 5) is 16.1. The lowest BCUT2D eigenvalue weighted by molar-refractivity contribution is 0.103. The molecule has 0 aliphatic rings. The van der Waals surface area contributed by atoms with E-state index in [4.69, 9.17) is 5.73 Å². The maximum absolute atomic E-state index is 12.1. The van der Waals surface area contributed by atoms with Crippen molar-refractivity contribution in [3.05, 3.63) is 46.0 Å². The number of carbonyl (C=O) groups excluding carboxylic acids is 1. The van der Waals surface area contributed by atoms with E-state index >= 15 is 0 Å². The van der Waals surface area contributed by atoms with E-state index in [9.17, 15) is 4.79 Å². The molecule has 0 aliphatic heterocycles. The van der Waals surface area contributed by atoms with Crippen LogP contribution in [-0.4, -0.2) is 10.8 Å². The van der Waals surface area contributed by atoms with E-state index in [0.29, 0.717) is 16.4 Å². The summed E-state index contributed by atoms with van der Waals surface area (Å²) in [7, 11) is 0. The molecule has 0 saturated carbocycles. The lowest BCUT2D eigenvalue weighted by atomic mass is 10.0. The van der Waals surface area contributed by atoms with E-state index in [1.54, 1.807) is 5.38 Å². The summed E-state index contributed by atoms with van der Waals surface area (Å²) in [5, 5.41) is 2.12. The predicted octanol–water partition coefficient (Wildman–Crippen LogP) is 2.57. The van der Waals surface area contributed by atoms with Gasteiger partial charge in [0.15, 0.2) is 5.13 Å². The van der Waals surface area contributed by atoms with Crippen LogP contribution < -0.4 is 5.73 Å². The van der Waals surface area contributed by atoms with Crippen molar-refractivity contribution in [2.45, 2.75) is 13.8 Å². The molecular formula is C12H12N2OS. The molecule has 2 rings (SSSR count). The van der Waals surface area contributed by atoms with Crippen molar-refractivity contribution in [2.75, 3.05) is 5.73 Å². The fourth-order valence-electron chi connectivity index (χ4n) is 1.51. The number of aryl methyl sites for hydroxylation is 2. The summed E-state index contributed by atoms with van der Waals surface area (Å²) in [5.41, 5.74) is 8.67. The molecule has 0 radical (unpaired) electrons. The Morgan fingerprint density at radius 2 is 2.12 bits per heavy atom. The average molecular weight is 232 g/mol. The second-order valence-corrected chi connectivity index (χ2v) is 4.61. The van der Waals surface area contributed by atoms with Crippen LogP contribution in [-0.2, 0) is 0 Å². The number of hydrogen-bond donors (Lipinski definition) is 1. The summed E-state index contributed by atoms with van der Waals surface area (Å²) in [5.74, 6) is -0.0610. The standard InChI is InChI=1S/C12H12N2OS/c1-7-3-4-8(2)9(5-7)11(15)10-6-16-12(13)14-10/h3-6H,1-2H3,(H2,13,14). The smallest absolute Gasteiger partial charge is 0.212 e. The number of nitrogens with zero attached hydrogens (tertiary/aromatic N) is 1. The molecule has 1 heterocycles. The molecule has 0 atom stereocenters. The minimum atomic E-state index is -0.0610. The Balaban J connectivity index is 2.45. The Hall–Kier alpha value is -1.68. The van der Waals surface area contributed by atoms with Gasteiger partial charge in [0.2, 0.25) is 5.78 Å². The van der Waals surface area contributed by atoms with Crippen molar-refractivity contribution in [2.24, 2.45) is 0 Å². The minimum absolute atomic E-state index is 0.0610. The van der Waals surface area contributed by atoms with Gasteiger partial charge in [0.1, 0.15) is 5.69 Å². The van der Waals surface area contributed by atoms with Crippen molar-refractivity contribution in [3.63, 3.8) is 0 Å². The normalized spacial score (nSPS) is 10.4. The third-order valence-corrected chi connectivity index (χ3v) is 3.07. The highest BCUT2D eigenvalue weighted by molar-refractivity contribution is 7.13. The van der Waals surface area contributed by atoms with E-state index in [2.05, 4.69) is 4.98 Å². The zero-order valence-electron chi connectivity index (χ0n) is 9.15. The fraction of sp³-hybridized carbons (Fsp3) is 0.167. The van der Waals surface area contributed by atoms with Gasteiger partial charge in [0.05, 0.1) is 0 Å². The first kappa shape index (κ1) is 10.8. The van der Waals surface area contributed by atoms with Crippen LogP contribution in [0.4, 0.5) is 5.13 Å². The molecule has 0 bridgehead atoms. The SMILES string of the molecule is Cc1ccc(C)c(C(=O)c2csc(N)n2)c1. The molecule has 82 valence electrons. The van der Waals surface area contributed by atoms with Crippen LogP contribution in [0.2, 0.25) is 0 Å². The summed E-state index contributed by atoms with van der Waals surface area (Å²) in [6.45, 7) is 3.88. The van der Waals surface area contributed by atoms with Gasteiger partial charge in [0, 0.05) is 10.9 Å². The quantitative estimate of drug-likeness (QED) is 0.810. The summed E-state index contributed by atoms with van der Waals surface area (Å²) >= 11 is 1.28. The maximum atomic E-state index is 12.1. The van der Waals surface area contributed by atoms with E-state index in [-0.39, 0.29) is 5.78 Å². The van der Waals surface area contributed by atoms with Gasteiger partial charge in [-0.15, -0.1) is 11.3 Å². The van der Waals surface area contributed by atoms with E-state index in [1.165, 1.54) is 11.3 Å². The Morgan fingerprint density at radius 1 is 1.38 bits per heavy atom. The molecule has 0 unspecified atom stereocenters. The average Bonchev–Trinajstić information content (AvgIpc) is 2.67. The molecule has 3 nitrogen and oxygen atoms in total. The van der Waals surface area contributed by atoms with Crippen molar-refractivity contribution >= 4 is 22.3 Å². The first-order valence-corrected chi connectivity index (χ1v) is 5.79.